The first-order chi connectivity index (χ1) is 10.1. The summed E-state index contributed by atoms with van der Waals surface area (Å²) in [5, 5.41) is 3.45. The van der Waals surface area contributed by atoms with E-state index in [-0.39, 0.29) is 5.91 Å². The lowest BCUT2D eigenvalue weighted by Gasteiger charge is -2.30. The zero-order valence-corrected chi connectivity index (χ0v) is 13.6. The number of piperidine rings is 1. The van der Waals surface area contributed by atoms with Gasteiger partial charge in [-0.2, -0.15) is 0 Å². The maximum atomic E-state index is 12.6. The van der Waals surface area contributed by atoms with Crippen molar-refractivity contribution in [2.45, 2.75) is 40.0 Å². The molecule has 0 aliphatic carbocycles. The van der Waals surface area contributed by atoms with Crippen LogP contribution in [0.4, 0.5) is 5.69 Å². The quantitative estimate of drug-likeness (QED) is 0.901. The van der Waals surface area contributed by atoms with Gasteiger partial charge in [0, 0.05) is 18.7 Å². The van der Waals surface area contributed by atoms with Gasteiger partial charge in [-0.3, -0.25) is 4.79 Å². The SMILES string of the molecule is CCN(C(=O)CC(C)C1CCCNC1)c1ccc(C)cc1. The lowest BCUT2D eigenvalue weighted by atomic mass is 9.85. The minimum absolute atomic E-state index is 0.249. The van der Waals surface area contributed by atoms with E-state index in [1.54, 1.807) is 0 Å². The van der Waals surface area contributed by atoms with Gasteiger partial charge >= 0.3 is 0 Å². The van der Waals surface area contributed by atoms with Crippen molar-refractivity contribution in [3.63, 3.8) is 0 Å². The summed E-state index contributed by atoms with van der Waals surface area (Å²) in [5.74, 6) is 1.34. The van der Waals surface area contributed by atoms with Crippen LogP contribution in [0.25, 0.3) is 0 Å². The number of anilines is 1. The summed E-state index contributed by atoms with van der Waals surface area (Å²) in [5.41, 5.74) is 2.24. The van der Waals surface area contributed by atoms with E-state index in [1.807, 2.05) is 24.0 Å². The van der Waals surface area contributed by atoms with Crippen molar-refractivity contribution < 1.29 is 4.79 Å². The Labute approximate surface area is 128 Å². The second-order valence-electron chi connectivity index (χ2n) is 6.26. The largest absolute Gasteiger partial charge is 0.316 e. The first-order valence-electron chi connectivity index (χ1n) is 8.19. The Bertz CT molecular complexity index is 449. The molecule has 0 radical (unpaired) electrons. The van der Waals surface area contributed by atoms with Gasteiger partial charge < -0.3 is 10.2 Å². The molecule has 1 aliphatic heterocycles. The van der Waals surface area contributed by atoms with Crippen molar-refractivity contribution in [2.24, 2.45) is 11.8 Å². The van der Waals surface area contributed by atoms with E-state index >= 15 is 0 Å². The second kappa shape index (κ2) is 7.60. The Morgan fingerprint density at radius 2 is 2.10 bits per heavy atom. The Morgan fingerprint density at radius 1 is 1.38 bits per heavy atom. The monoisotopic (exact) mass is 288 g/mol. The van der Waals surface area contributed by atoms with Crippen LogP contribution in [0.15, 0.2) is 24.3 Å². The number of benzene rings is 1. The average Bonchev–Trinajstić information content (AvgIpc) is 2.50. The summed E-state index contributed by atoms with van der Waals surface area (Å²) < 4.78 is 0. The molecule has 1 fully saturated rings. The maximum absolute atomic E-state index is 12.6. The number of aryl methyl sites for hydroxylation is 1. The molecular formula is C18H28N2O. The maximum Gasteiger partial charge on any atom is 0.227 e. The van der Waals surface area contributed by atoms with E-state index in [9.17, 15) is 4.79 Å². The molecule has 2 rings (SSSR count). The molecule has 21 heavy (non-hydrogen) atoms. The zero-order chi connectivity index (χ0) is 15.2. The molecule has 0 spiro atoms. The molecule has 116 valence electrons. The Kier molecular flexibility index (Phi) is 5.80. The van der Waals surface area contributed by atoms with Gasteiger partial charge in [0.15, 0.2) is 0 Å². The second-order valence-corrected chi connectivity index (χ2v) is 6.26. The number of nitrogens with zero attached hydrogens (tertiary/aromatic N) is 1. The molecule has 1 aliphatic rings. The standard InChI is InChI=1S/C18H28N2O/c1-4-20(17-9-7-14(2)8-10-17)18(21)12-15(3)16-6-5-11-19-13-16/h7-10,15-16,19H,4-6,11-13H2,1-3H3. The molecular weight excluding hydrogens is 260 g/mol. The average molecular weight is 288 g/mol. The molecule has 1 aromatic carbocycles. The molecule has 0 saturated carbocycles. The van der Waals surface area contributed by atoms with Gasteiger partial charge in [0.2, 0.25) is 5.91 Å². The molecule has 2 unspecified atom stereocenters. The molecule has 1 heterocycles. The van der Waals surface area contributed by atoms with E-state index in [2.05, 4.69) is 31.3 Å². The molecule has 1 saturated heterocycles. The minimum atomic E-state index is 0.249. The van der Waals surface area contributed by atoms with E-state index in [4.69, 9.17) is 0 Å². The summed E-state index contributed by atoms with van der Waals surface area (Å²) in [7, 11) is 0. The van der Waals surface area contributed by atoms with Crippen LogP contribution < -0.4 is 10.2 Å². The van der Waals surface area contributed by atoms with Crippen molar-refractivity contribution in [3.05, 3.63) is 29.8 Å². The van der Waals surface area contributed by atoms with E-state index in [0.717, 1.165) is 25.3 Å². The van der Waals surface area contributed by atoms with Crippen LogP contribution in [0, 0.1) is 18.8 Å². The first-order valence-corrected chi connectivity index (χ1v) is 8.19. The highest BCUT2D eigenvalue weighted by molar-refractivity contribution is 5.93. The van der Waals surface area contributed by atoms with E-state index < -0.39 is 0 Å². The van der Waals surface area contributed by atoms with Crippen LogP contribution in [0.3, 0.4) is 0 Å². The van der Waals surface area contributed by atoms with Crippen LogP contribution in [-0.4, -0.2) is 25.5 Å². The number of amides is 1. The highest BCUT2D eigenvalue weighted by Crippen LogP contribution is 2.24. The third-order valence-electron chi connectivity index (χ3n) is 4.60. The fourth-order valence-corrected chi connectivity index (χ4v) is 3.14. The summed E-state index contributed by atoms with van der Waals surface area (Å²) in [6.07, 6.45) is 3.13. The van der Waals surface area contributed by atoms with Crippen LogP contribution in [0.1, 0.15) is 38.7 Å². The first kappa shape index (κ1) is 16.0. The van der Waals surface area contributed by atoms with Gasteiger partial charge in [-0.1, -0.05) is 24.6 Å². The summed E-state index contributed by atoms with van der Waals surface area (Å²) in [4.78, 5) is 14.5. The molecule has 1 amide bonds. The summed E-state index contributed by atoms with van der Waals surface area (Å²) in [6.45, 7) is 9.26. The third-order valence-corrected chi connectivity index (χ3v) is 4.60. The van der Waals surface area contributed by atoms with Crippen LogP contribution in [-0.2, 0) is 4.79 Å². The fourth-order valence-electron chi connectivity index (χ4n) is 3.14. The van der Waals surface area contributed by atoms with Gasteiger partial charge in [-0.15, -0.1) is 0 Å². The van der Waals surface area contributed by atoms with Gasteiger partial charge in [-0.05, 0) is 63.7 Å². The van der Waals surface area contributed by atoms with Crippen molar-refractivity contribution in [3.8, 4) is 0 Å². The van der Waals surface area contributed by atoms with Crippen LogP contribution in [0.2, 0.25) is 0 Å². The van der Waals surface area contributed by atoms with Crippen molar-refractivity contribution >= 4 is 11.6 Å². The normalized spacial score (nSPS) is 20.0. The molecule has 1 N–H and O–H groups in total. The number of rotatable bonds is 5. The van der Waals surface area contributed by atoms with Gasteiger partial charge in [0.25, 0.3) is 0 Å². The number of carbonyl (C=O) groups excluding carboxylic acids is 1. The van der Waals surface area contributed by atoms with Crippen LogP contribution in [0.5, 0.6) is 0 Å². The lowest BCUT2D eigenvalue weighted by Crippen LogP contribution is -2.37. The third kappa shape index (κ3) is 4.31. The molecule has 0 bridgehead atoms. The highest BCUT2D eigenvalue weighted by atomic mass is 16.2. The number of hydrogen-bond acceptors (Lipinski definition) is 2. The minimum Gasteiger partial charge on any atom is -0.316 e. The highest BCUT2D eigenvalue weighted by Gasteiger charge is 2.24. The molecule has 3 nitrogen and oxygen atoms in total. The molecule has 0 aromatic heterocycles. The fraction of sp³-hybridized carbons (Fsp3) is 0.611. The number of nitrogens with one attached hydrogen (secondary N) is 1. The van der Waals surface area contributed by atoms with Gasteiger partial charge in [0.05, 0.1) is 0 Å². The zero-order valence-electron chi connectivity index (χ0n) is 13.6. The smallest absolute Gasteiger partial charge is 0.227 e. The molecule has 3 heteroatoms. The van der Waals surface area contributed by atoms with E-state index in [0.29, 0.717) is 18.3 Å². The van der Waals surface area contributed by atoms with Crippen LogP contribution >= 0.6 is 0 Å². The van der Waals surface area contributed by atoms with Crippen molar-refractivity contribution in [1.82, 2.24) is 5.32 Å². The molecule has 2 atom stereocenters. The van der Waals surface area contributed by atoms with E-state index in [1.165, 1.54) is 18.4 Å². The van der Waals surface area contributed by atoms with Crippen molar-refractivity contribution in [1.29, 1.82) is 0 Å². The topological polar surface area (TPSA) is 32.3 Å². The molecule has 1 aromatic rings. The summed E-state index contributed by atoms with van der Waals surface area (Å²) in [6, 6.07) is 8.23. The Hall–Kier alpha value is -1.35. The predicted octanol–water partition coefficient (Wildman–Crippen LogP) is 3.37. The number of hydrogen-bond donors (Lipinski definition) is 1. The predicted molar refractivity (Wildman–Crippen MR) is 88.6 cm³/mol. The number of carbonyl (C=O) groups is 1. The lowest BCUT2D eigenvalue weighted by molar-refractivity contribution is -0.119. The van der Waals surface area contributed by atoms with Gasteiger partial charge in [-0.25, -0.2) is 0 Å². The van der Waals surface area contributed by atoms with Crippen molar-refractivity contribution in [2.75, 3.05) is 24.5 Å². The summed E-state index contributed by atoms with van der Waals surface area (Å²) >= 11 is 0. The Morgan fingerprint density at radius 3 is 2.67 bits per heavy atom. The van der Waals surface area contributed by atoms with Gasteiger partial charge in [0.1, 0.15) is 0 Å². The Balaban J connectivity index is 1.97.